The lowest BCUT2D eigenvalue weighted by Crippen LogP contribution is -2.47. The zero-order valence-corrected chi connectivity index (χ0v) is 12.6. The molecule has 4 heteroatoms. The van der Waals surface area contributed by atoms with E-state index in [2.05, 4.69) is 6.58 Å². The van der Waals surface area contributed by atoms with Crippen molar-refractivity contribution in [3.8, 4) is 0 Å². The first-order valence-electron chi connectivity index (χ1n) is 6.79. The molecule has 0 bridgehead atoms. The maximum absolute atomic E-state index is 12.3. The van der Waals surface area contributed by atoms with Crippen molar-refractivity contribution in [2.24, 2.45) is 5.92 Å². The van der Waals surface area contributed by atoms with E-state index in [1.807, 2.05) is 39.5 Å². The fourth-order valence-corrected chi connectivity index (χ4v) is 2.67. The highest BCUT2D eigenvalue weighted by atomic mass is 16.6. The number of rotatable bonds is 4. The van der Waals surface area contributed by atoms with Gasteiger partial charge in [-0.15, -0.1) is 6.58 Å². The van der Waals surface area contributed by atoms with Crippen LogP contribution < -0.4 is 0 Å². The van der Waals surface area contributed by atoms with E-state index in [0.29, 0.717) is 6.42 Å². The zero-order chi connectivity index (χ0) is 14.8. The van der Waals surface area contributed by atoms with Gasteiger partial charge in [-0.1, -0.05) is 6.08 Å². The molecule has 0 radical (unpaired) electrons. The second-order valence-corrected chi connectivity index (χ2v) is 6.35. The molecule has 0 aromatic heterocycles. The number of aldehydes is 1. The van der Waals surface area contributed by atoms with Crippen LogP contribution in [0.5, 0.6) is 0 Å². The average Bonchev–Trinajstić information content (AvgIpc) is 2.64. The topological polar surface area (TPSA) is 46.6 Å². The summed E-state index contributed by atoms with van der Waals surface area (Å²) in [4.78, 5) is 25.5. The van der Waals surface area contributed by atoms with Crippen molar-refractivity contribution in [2.75, 3.05) is 0 Å². The number of carbonyl (C=O) groups is 2. The van der Waals surface area contributed by atoms with Gasteiger partial charge in [-0.05, 0) is 41.0 Å². The lowest BCUT2D eigenvalue weighted by molar-refractivity contribution is -0.161. The van der Waals surface area contributed by atoms with Gasteiger partial charge in [0.25, 0.3) is 0 Å². The Kier molecular flexibility index (Phi) is 4.91. The SMILES string of the molecule is C=C[C@H]1[C@H](C=O)C[C@H](C(=O)OC(C)(C)C)N1C(C)C. The smallest absolute Gasteiger partial charge is 0.323 e. The van der Waals surface area contributed by atoms with E-state index in [-0.39, 0.29) is 30.0 Å². The molecule has 3 atom stereocenters. The fourth-order valence-electron chi connectivity index (χ4n) is 2.67. The molecule has 19 heavy (non-hydrogen) atoms. The van der Waals surface area contributed by atoms with Crippen LogP contribution in [0.1, 0.15) is 41.0 Å². The van der Waals surface area contributed by atoms with Gasteiger partial charge in [0.05, 0.1) is 0 Å². The summed E-state index contributed by atoms with van der Waals surface area (Å²) in [7, 11) is 0. The van der Waals surface area contributed by atoms with Crippen LogP contribution in [-0.4, -0.2) is 40.9 Å². The Hall–Kier alpha value is -1.16. The van der Waals surface area contributed by atoms with Crippen molar-refractivity contribution in [1.82, 2.24) is 4.90 Å². The van der Waals surface area contributed by atoms with Gasteiger partial charge < -0.3 is 9.53 Å². The van der Waals surface area contributed by atoms with Gasteiger partial charge in [-0.25, -0.2) is 0 Å². The van der Waals surface area contributed by atoms with E-state index in [0.717, 1.165) is 6.29 Å². The normalized spacial score (nSPS) is 28.4. The summed E-state index contributed by atoms with van der Waals surface area (Å²) in [5.74, 6) is -0.435. The molecule has 0 amide bonds. The maximum atomic E-state index is 12.3. The molecule has 0 saturated carbocycles. The minimum absolute atomic E-state index is 0.0879. The van der Waals surface area contributed by atoms with Crippen molar-refractivity contribution in [3.05, 3.63) is 12.7 Å². The summed E-state index contributed by atoms with van der Waals surface area (Å²) in [5, 5.41) is 0. The molecule has 0 aromatic carbocycles. The van der Waals surface area contributed by atoms with Gasteiger partial charge in [0.2, 0.25) is 0 Å². The number of nitrogens with zero attached hydrogens (tertiary/aromatic N) is 1. The molecule has 1 saturated heterocycles. The maximum Gasteiger partial charge on any atom is 0.323 e. The molecule has 0 N–H and O–H groups in total. The summed E-state index contributed by atoms with van der Waals surface area (Å²) >= 11 is 0. The molecule has 1 fully saturated rings. The molecule has 0 unspecified atom stereocenters. The Morgan fingerprint density at radius 2 is 2.00 bits per heavy atom. The predicted molar refractivity (Wildman–Crippen MR) is 74.8 cm³/mol. The second-order valence-electron chi connectivity index (χ2n) is 6.35. The van der Waals surface area contributed by atoms with Crippen molar-refractivity contribution in [2.45, 2.75) is 64.8 Å². The summed E-state index contributed by atoms with van der Waals surface area (Å²) in [5.41, 5.74) is -0.511. The van der Waals surface area contributed by atoms with E-state index in [4.69, 9.17) is 4.74 Å². The molecular weight excluding hydrogens is 242 g/mol. The number of ether oxygens (including phenoxy) is 1. The van der Waals surface area contributed by atoms with Crippen molar-refractivity contribution >= 4 is 12.3 Å². The van der Waals surface area contributed by atoms with Gasteiger partial charge in [-0.3, -0.25) is 9.69 Å². The van der Waals surface area contributed by atoms with Crippen LogP contribution in [0.4, 0.5) is 0 Å². The van der Waals surface area contributed by atoms with Crippen LogP contribution in [0.3, 0.4) is 0 Å². The van der Waals surface area contributed by atoms with E-state index in [1.165, 1.54) is 0 Å². The summed E-state index contributed by atoms with van der Waals surface area (Å²) < 4.78 is 5.46. The molecule has 1 aliphatic heterocycles. The third-order valence-electron chi connectivity index (χ3n) is 3.33. The van der Waals surface area contributed by atoms with E-state index in [9.17, 15) is 9.59 Å². The van der Waals surface area contributed by atoms with Crippen LogP contribution in [0, 0.1) is 5.92 Å². The van der Waals surface area contributed by atoms with Crippen LogP contribution in [0.25, 0.3) is 0 Å². The highest BCUT2D eigenvalue weighted by molar-refractivity contribution is 5.78. The third kappa shape index (κ3) is 3.66. The minimum atomic E-state index is -0.511. The first-order valence-corrected chi connectivity index (χ1v) is 6.79. The van der Waals surface area contributed by atoms with Crippen LogP contribution >= 0.6 is 0 Å². The van der Waals surface area contributed by atoms with E-state index in [1.54, 1.807) is 6.08 Å². The monoisotopic (exact) mass is 267 g/mol. The second kappa shape index (κ2) is 5.87. The van der Waals surface area contributed by atoms with Gasteiger partial charge >= 0.3 is 5.97 Å². The van der Waals surface area contributed by atoms with Gasteiger partial charge in [0, 0.05) is 18.0 Å². The zero-order valence-electron chi connectivity index (χ0n) is 12.6. The highest BCUT2D eigenvalue weighted by Crippen LogP contribution is 2.32. The van der Waals surface area contributed by atoms with Crippen LogP contribution in [0.15, 0.2) is 12.7 Å². The Labute approximate surface area is 115 Å². The fraction of sp³-hybridized carbons (Fsp3) is 0.733. The Bertz CT molecular complexity index is 357. The van der Waals surface area contributed by atoms with Crippen LogP contribution in [0.2, 0.25) is 0 Å². The number of hydrogen-bond acceptors (Lipinski definition) is 4. The predicted octanol–water partition coefficient (Wildman–Crippen LogP) is 2.18. The molecule has 0 spiro atoms. The van der Waals surface area contributed by atoms with Crippen molar-refractivity contribution < 1.29 is 14.3 Å². The van der Waals surface area contributed by atoms with Gasteiger partial charge in [0.15, 0.2) is 0 Å². The molecule has 1 heterocycles. The molecule has 4 nitrogen and oxygen atoms in total. The molecule has 1 rings (SSSR count). The molecule has 0 aromatic rings. The number of likely N-dealkylation sites (tertiary alicyclic amines) is 1. The largest absolute Gasteiger partial charge is 0.459 e. The highest BCUT2D eigenvalue weighted by Gasteiger charge is 2.45. The molecule has 1 aliphatic rings. The van der Waals surface area contributed by atoms with Crippen molar-refractivity contribution in [1.29, 1.82) is 0 Å². The number of hydrogen-bond donors (Lipinski definition) is 0. The lowest BCUT2D eigenvalue weighted by atomic mass is 10.0. The lowest BCUT2D eigenvalue weighted by Gasteiger charge is -2.33. The number of esters is 1. The molecular formula is C15H25NO3. The number of carbonyl (C=O) groups excluding carboxylic acids is 2. The van der Waals surface area contributed by atoms with Gasteiger partial charge in [-0.2, -0.15) is 0 Å². The quantitative estimate of drug-likeness (QED) is 0.445. The summed E-state index contributed by atoms with van der Waals surface area (Å²) in [6.07, 6.45) is 3.18. The van der Waals surface area contributed by atoms with Crippen molar-refractivity contribution in [3.63, 3.8) is 0 Å². The van der Waals surface area contributed by atoms with Crippen LogP contribution in [-0.2, 0) is 14.3 Å². The Morgan fingerprint density at radius 3 is 2.37 bits per heavy atom. The summed E-state index contributed by atoms with van der Waals surface area (Å²) in [6.45, 7) is 13.4. The van der Waals surface area contributed by atoms with Gasteiger partial charge in [0.1, 0.15) is 17.9 Å². The Morgan fingerprint density at radius 1 is 1.42 bits per heavy atom. The Balaban J connectivity index is 2.95. The third-order valence-corrected chi connectivity index (χ3v) is 3.33. The van der Waals surface area contributed by atoms with E-state index >= 15 is 0 Å². The minimum Gasteiger partial charge on any atom is -0.459 e. The molecule has 108 valence electrons. The average molecular weight is 267 g/mol. The summed E-state index contributed by atoms with van der Waals surface area (Å²) in [6, 6.07) is -0.294. The van der Waals surface area contributed by atoms with E-state index < -0.39 is 5.60 Å². The standard InChI is InChI=1S/C15H25NO3/c1-7-12-11(9-17)8-13(16(12)10(2)3)14(18)19-15(4,5)6/h7,9-13H,1,8H2,2-6H3/t11-,12-,13+/m0/s1. The first-order chi connectivity index (χ1) is 8.71. The first kappa shape index (κ1) is 15.9. The molecule has 0 aliphatic carbocycles.